The molecule has 2 saturated heterocycles. The Morgan fingerprint density at radius 2 is 1.35 bits per heavy atom. The Bertz CT molecular complexity index is 896. The Labute approximate surface area is 191 Å². The molecule has 162 valence electrons. The smallest absolute Gasteiger partial charge is 0.222 e. The maximum absolute atomic E-state index is 6.86. The van der Waals surface area contributed by atoms with E-state index in [1.807, 2.05) is 12.1 Å². The summed E-state index contributed by atoms with van der Waals surface area (Å²) in [5, 5.41) is 0. The van der Waals surface area contributed by atoms with Crippen LogP contribution in [-0.4, -0.2) is 30.2 Å². The van der Waals surface area contributed by atoms with Crippen LogP contribution < -0.4 is 0 Å². The summed E-state index contributed by atoms with van der Waals surface area (Å²) < 4.78 is 13.4. The van der Waals surface area contributed by atoms with Gasteiger partial charge in [0, 0.05) is 23.7 Å². The van der Waals surface area contributed by atoms with Gasteiger partial charge < -0.3 is 9.47 Å². The van der Waals surface area contributed by atoms with Gasteiger partial charge in [0.25, 0.3) is 0 Å². The van der Waals surface area contributed by atoms with E-state index in [1.165, 1.54) is 18.4 Å². The maximum Gasteiger partial charge on any atom is 0.222 e. The number of piperidine rings is 1. The van der Waals surface area contributed by atoms with Crippen molar-refractivity contribution in [3.8, 4) is 0 Å². The predicted octanol–water partition coefficient (Wildman–Crippen LogP) is 5.78. The van der Waals surface area contributed by atoms with E-state index in [9.17, 15) is 0 Å². The Hall–Kier alpha value is -2.17. The van der Waals surface area contributed by atoms with Crippen molar-refractivity contribution in [2.24, 2.45) is 0 Å². The molecule has 0 N–H and O–H groups in total. The number of halogens is 1. The third-order valence-electron chi connectivity index (χ3n) is 6.40. The molecular formula is C27H30ClNO2. The van der Waals surface area contributed by atoms with Gasteiger partial charge in [-0.25, -0.2) is 0 Å². The highest BCUT2D eigenvalue weighted by Crippen LogP contribution is 2.42. The zero-order valence-corrected chi connectivity index (χ0v) is 18.5. The van der Waals surface area contributed by atoms with Gasteiger partial charge in [0.15, 0.2) is 0 Å². The van der Waals surface area contributed by atoms with E-state index in [0.29, 0.717) is 12.6 Å². The third kappa shape index (κ3) is 4.56. The molecule has 31 heavy (non-hydrogen) atoms. The van der Waals surface area contributed by atoms with Gasteiger partial charge in [-0.1, -0.05) is 97.4 Å². The third-order valence-corrected chi connectivity index (χ3v) is 6.40. The summed E-state index contributed by atoms with van der Waals surface area (Å²) in [4.78, 5) is 2.60. The quantitative estimate of drug-likeness (QED) is 0.507. The topological polar surface area (TPSA) is 21.7 Å². The van der Waals surface area contributed by atoms with Crippen LogP contribution in [0.4, 0.5) is 0 Å². The van der Waals surface area contributed by atoms with Gasteiger partial charge >= 0.3 is 0 Å². The molecule has 0 amide bonds. The number of hydrogen-bond donors (Lipinski definition) is 0. The Balaban J connectivity index is 0.00000231. The molecule has 3 aromatic rings. The molecule has 5 rings (SSSR count). The molecule has 0 aromatic heterocycles. The van der Waals surface area contributed by atoms with Gasteiger partial charge in [0.05, 0.1) is 6.61 Å². The summed E-state index contributed by atoms with van der Waals surface area (Å²) in [6.45, 7) is 2.69. The molecule has 3 nitrogen and oxygen atoms in total. The molecule has 0 saturated carbocycles. The maximum atomic E-state index is 6.86. The Morgan fingerprint density at radius 1 is 0.774 bits per heavy atom. The number of hydrogen-bond acceptors (Lipinski definition) is 3. The lowest BCUT2D eigenvalue weighted by Crippen LogP contribution is -2.47. The van der Waals surface area contributed by atoms with Gasteiger partial charge in [-0.3, -0.25) is 4.90 Å². The van der Waals surface area contributed by atoms with E-state index in [0.717, 1.165) is 30.6 Å². The van der Waals surface area contributed by atoms with E-state index in [-0.39, 0.29) is 18.5 Å². The van der Waals surface area contributed by atoms with Crippen LogP contribution in [0.3, 0.4) is 0 Å². The van der Waals surface area contributed by atoms with E-state index < -0.39 is 5.79 Å². The van der Waals surface area contributed by atoms with Crippen LogP contribution in [0.25, 0.3) is 0 Å². The average Bonchev–Trinajstić information content (AvgIpc) is 3.28. The van der Waals surface area contributed by atoms with E-state index in [1.54, 1.807) is 0 Å². The normalized spacial score (nSPS) is 23.2. The first-order valence-corrected chi connectivity index (χ1v) is 11.1. The molecule has 4 heteroatoms. The lowest BCUT2D eigenvalue weighted by atomic mass is 9.95. The van der Waals surface area contributed by atoms with Crippen molar-refractivity contribution >= 4 is 12.4 Å². The van der Waals surface area contributed by atoms with Crippen molar-refractivity contribution in [3.63, 3.8) is 0 Å². The van der Waals surface area contributed by atoms with Gasteiger partial charge in [-0.05, 0) is 24.9 Å². The molecule has 0 radical (unpaired) electrons. The average molecular weight is 436 g/mol. The van der Waals surface area contributed by atoms with Crippen LogP contribution in [0.2, 0.25) is 0 Å². The zero-order chi connectivity index (χ0) is 20.2. The number of nitrogens with zero attached hydrogens (tertiary/aromatic N) is 1. The first-order valence-electron chi connectivity index (χ1n) is 11.1. The van der Waals surface area contributed by atoms with Gasteiger partial charge in [0.1, 0.15) is 6.10 Å². The standard InChI is InChI=1S/C27H29NO2.ClH/c1-4-12-22(13-5-1)20-28-19-11-10-18-25(28)26-21-29-27(30-26,23-14-6-2-7-15-23)24-16-8-3-9-17-24;/h1-9,12-17,25-26H,10-11,18-21H2;1H/t25?,26-;/m1./s1. The van der Waals surface area contributed by atoms with Crippen LogP contribution in [0.15, 0.2) is 91.0 Å². The van der Waals surface area contributed by atoms with Crippen molar-refractivity contribution in [1.82, 2.24) is 4.90 Å². The van der Waals surface area contributed by atoms with E-state index in [4.69, 9.17) is 9.47 Å². The van der Waals surface area contributed by atoms with E-state index in [2.05, 4.69) is 83.8 Å². The van der Waals surface area contributed by atoms with Crippen molar-refractivity contribution in [2.45, 2.75) is 43.7 Å². The molecule has 2 fully saturated rings. The molecule has 1 unspecified atom stereocenters. The van der Waals surface area contributed by atoms with Crippen LogP contribution in [0, 0.1) is 0 Å². The second kappa shape index (κ2) is 9.97. The summed E-state index contributed by atoms with van der Waals surface area (Å²) in [7, 11) is 0. The first-order chi connectivity index (χ1) is 14.9. The minimum atomic E-state index is -0.830. The van der Waals surface area contributed by atoms with Gasteiger partial charge in [-0.15, -0.1) is 12.4 Å². The fourth-order valence-electron chi connectivity index (χ4n) is 4.91. The second-order valence-electron chi connectivity index (χ2n) is 8.34. The lowest BCUT2D eigenvalue weighted by molar-refractivity contribution is -0.152. The molecule has 0 spiro atoms. The van der Waals surface area contributed by atoms with Gasteiger partial charge in [0.2, 0.25) is 5.79 Å². The molecule has 0 aliphatic carbocycles. The van der Waals surface area contributed by atoms with Crippen LogP contribution in [0.1, 0.15) is 36.0 Å². The monoisotopic (exact) mass is 435 g/mol. The van der Waals surface area contributed by atoms with Crippen LogP contribution in [-0.2, 0) is 21.8 Å². The van der Waals surface area contributed by atoms with Crippen molar-refractivity contribution in [3.05, 3.63) is 108 Å². The number of likely N-dealkylation sites (tertiary alicyclic amines) is 1. The molecule has 0 bridgehead atoms. The molecular weight excluding hydrogens is 406 g/mol. The highest BCUT2D eigenvalue weighted by Gasteiger charge is 2.48. The summed E-state index contributed by atoms with van der Waals surface area (Å²) in [6, 6.07) is 31.9. The summed E-state index contributed by atoms with van der Waals surface area (Å²) >= 11 is 0. The fourth-order valence-corrected chi connectivity index (χ4v) is 4.91. The van der Waals surface area contributed by atoms with Crippen molar-refractivity contribution < 1.29 is 9.47 Å². The van der Waals surface area contributed by atoms with Crippen molar-refractivity contribution in [1.29, 1.82) is 0 Å². The lowest BCUT2D eigenvalue weighted by Gasteiger charge is -2.39. The summed E-state index contributed by atoms with van der Waals surface area (Å²) in [5.41, 5.74) is 3.48. The highest BCUT2D eigenvalue weighted by molar-refractivity contribution is 5.85. The molecule has 2 aliphatic rings. The predicted molar refractivity (Wildman–Crippen MR) is 126 cm³/mol. The largest absolute Gasteiger partial charge is 0.339 e. The number of rotatable bonds is 5. The Morgan fingerprint density at radius 3 is 1.97 bits per heavy atom. The van der Waals surface area contributed by atoms with Crippen LogP contribution >= 0.6 is 12.4 Å². The fraction of sp³-hybridized carbons (Fsp3) is 0.333. The number of benzene rings is 3. The summed E-state index contributed by atoms with van der Waals surface area (Å²) in [5.74, 6) is -0.830. The second-order valence-corrected chi connectivity index (χ2v) is 8.34. The van der Waals surface area contributed by atoms with E-state index >= 15 is 0 Å². The molecule has 2 atom stereocenters. The molecule has 2 heterocycles. The SMILES string of the molecule is Cl.c1ccc(CN2CCCCC2[C@H]2COC(c3ccccc3)(c3ccccc3)O2)cc1. The summed E-state index contributed by atoms with van der Waals surface area (Å²) in [6.07, 6.45) is 3.70. The minimum Gasteiger partial charge on any atom is -0.339 e. The number of ether oxygens (including phenoxy) is 2. The molecule has 3 aromatic carbocycles. The Kier molecular flexibility index (Phi) is 7.09. The first kappa shape index (κ1) is 22.0. The highest BCUT2D eigenvalue weighted by atomic mass is 35.5. The minimum absolute atomic E-state index is 0. The van der Waals surface area contributed by atoms with Crippen molar-refractivity contribution in [2.75, 3.05) is 13.2 Å². The van der Waals surface area contributed by atoms with Gasteiger partial charge in [-0.2, -0.15) is 0 Å². The van der Waals surface area contributed by atoms with Crippen LogP contribution in [0.5, 0.6) is 0 Å². The zero-order valence-electron chi connectivity index (χ0n) is 17.7. The molecule has 2 aliphatic heterocycles.